The number of carbonyl (C=O) groups is 1. The van der Waals surface area contributed by atoms with Crippen LogP contribution in [-0.4, -0.2) is 45.5 Å². The van der Waals surface area contributed by atoms with Gasteiger partial charge in [-0.25, -0.2) is 8.42 Å². The van der Waals surface area contributed by atoms with Crippen molar-refractivity contribution >= 4 is 21.6 Å². The van der Waals surface area contributed by atoms with Crippen molar-refractivity contribution in [2.45, 2.75) is 38.5 Å². The number of piperidine rings is 1. The van der Waals surface area contributed by atoms with Gasteiger partial charge in [0.15, 0.2) is 0 Å². The van der Waals surface area contributed by atoms with Crippen molar-refractivity contribution in [1.82, 2.24) is 4.90 Å². The van der Waals surface area contributed by atoms with Crippen LogP contribution in [0.15, 0.2) is 53.4 Å². The van der Waals surface area contributed by atoms with Crippen molar-refractivity contribution in [3.63, 3.8) is 0 Å². The van der Waals surface area contributed by atoms with E-state index in [0.29, 0.717) is 37.1 Å². The van der Waals surface area contributed by atoms with E-state index in [0.717, 1.165) is 18.4 Å². The van der Waals surface area contributed by atoms with Crippen LogP contribution in [0.1, 0.15) is 32.3 Å². The lowest BCUT2D eigenvalue weighted by Crippen LogP contribution is -2.46. The third-order valence-electron chi connectivity index (χ3n) is 5.33. The summed E-state index contributed by atoms with van der Waals surface area (Å²) >= 11 is 0. The summed E-state index contributed by atoms with van der Waals surface area (Å²) in [6.07, 6.45) is 2.02. The number of rotatable bonds is 7. The van der Waals surface area contributed by atoms with Gasteiger partial charge in [-0.1, -0.05) is 36.8 Å². The summed E-state index contributed by atoms with van der Waals surface area (Å²) in [5.74, 6) is 0.666. The molecule has 3 rings (SSSR count). The third kappa shape index (κ3) is 4.95. The van der Waals surface area contributed by atoms with Gasteiger partial charge >= 0.3 is 0 Å². The number of aryl methyl sites for hydroxylation is 1. The minimum Gasteiger partial charge on any atom is -0.492 e. The molecule has 0 bridgehead atoms. The number of benzene rings is 2. The molecule has 1 atom stereocenters. The fraction of sp³-hybridized carbons (Fsp3) is 0.435. The summed E-state index contributed by atoms with van der Waals surface area (Å²) in [4.78, 5) is 15.0. The lowest BCUT2D eigenvalue weighted by Gasteiger charge is -2.33. The maximum Gasteiger partial charge on any atom is 0.264 e. The highest BCUT2D eigenvalue weighted by Gasteiger charge is 2.31. The third-order valence-corrected chi connectivity index (χ3v) is 7.11. The Balaban J connectivity index is 2.01. The van der Waals surface area contributed by atoms with E-state index in [1.807, 2.05) is 13.8 Å². The summed E-state index contributed by atoms with van der Waals surface area (Å²) in [6.45, 7) is 7.32. The van der Waals surface area contributed by atoms with Crippen LogP contribution in [0, 0.1) is 12.8 Å². The van der Waals surface area contributed by atoms with Gasteiger partial charge in [-0.2, -0.15) is 0 Å². The van der Waals surface area contributed by atoms with Gasteiger partial charge in [-0.15, -0.1) is 0 Å². The predicted octanol–water partition coefficient (Wildman–Crippen LogP) is 3.85. The number of likely N-dealkylation sites (tertiary alicyclic amines) is 1. The van der Waals surface area contributed by atoms with E-state index in [1.54, 1.807) is 53.4 Å². The van der Waals surface area contributed by atoms with E-state index < -0.39 is 10.0 Å². The van der Waals surface area contributed by atoms with Crippen LogP contribution in [0.3, 0.4) is 0 Å². The van der Waals surface area contributed by atoms with Gasteiger partial charge in [0.25, 0.3) is 10.0 Å². The van der Waals surface area contributed by atoms with Crippen molar-refractivity contribution in [3.05, 3.63) is 54.1 Å². The van der Waals surface area contributed by atoms with Crippen molar-refractivity contribution < 1.29 is 17.9 Å². The van der Waals surface area contributed by atoms with Crippen LogP contribution in [0.5, 0.6) is 5.75 Å². The maximum atomic E-state index is 13.6. The van der Waals surface area contributed by atoms with Crippen LogP contribution >= 0.6 is 0 Å². The first-order valence-corrected chi connectivity index (χ1v) is 11.9. The SMILES string of the molecule is CCOc1ccccc1N(CC(=O)N1CCCC(C)C1)S(=O)(=O)c1ccc(C)cc1. The van der Waals surface area contributed by atoms with E-state index >= 15 is 0 Å². The smallest absolute Gasteiger partial charge is 0.264 e. The van der Waals surface area contributed by atoms with Gasteiger partial charge in [0.1, 0.15) is 12.3 Å². The molecule has 1 unspecified atom stereocenters. The number of hydrogen-bond donors (Lipinski definition) is 0. The second-order valence-electron chi connectivity index (χ2n) is 7.81. The number of carbonyl (C=O) groups excluding carboxylic acids is 1. The van der Waals surface area contributed by atoms with E-state index in [2.05, 4.69) is 6.92 Å². The number of anilines is 1. The molecule has 1 amide bonds. The molecule has 30 heavy (non-hydrogen) atoms. The van der Waals surface area contributed by atoms with Crippen molar-refractivity contribution in [3.8, 4) is 5.75 Å². The largest absolute Gasteiger partial charge is 0.492 e. The van der Waals surface area contributed by atoms with Gasteiger partial charge in [0.05, 0.1) is 17.2 Å². The zero-order chi connectivity index (χ0) is 21.7. The molecular formula is C23H30N2O4S. The number of nitrogens with zero attached hydrogens (tertiary/aromatic N) is 2. The quantitative estimate of drug-likeness (QED) is 0.669. The molecular weight excluding hydrogens is 400 g/mol. The zero-order valence-electron chi connectivity index (χ0n) is 17.9. The van der Waals surface area contributed by atoms with Gasteiger partial charge in [-0.05, 0) is 56.9 Å². The molecule has 0 aromatic heterocycles. The minimum atomic E-state index is -3.95. The molecule has 6 nitrogen and oxygen atoms in total. The first-order valence-electron chi connectivity index (χ1n) is 10.4. The predicted molar refractivity (Wildman–Crippen MR) is 118 cm³/mol. The molecule has 0 radical (unpaired) electrons. The summed E-state index contributed by atoms with van der Waals surface area (Å²) < 4.78 is 34.0. The number of ether oxygens (including phenoxy) is 1. The molecule has 2 aromatic carbocycles. The highest BCUT2D eigenvalue weighted by Crippen LogP contribution is 2.33. The number of sulfonamides is 1. The average molecular weight is 431 g/mol. The molecule has 0 saturated carbocycles. The molecule has 1 aliphatic rings. The Hall–Kier alpha value is -2.54. The fourth-order valence-corrected chi connectivity index (χ4v) is 5.14. The van der Waals surface area contributed by atoms with Crippen molar-refractivity contribution in [2.75, 3.05) is 30.5 Å². The number of amides is 1. The summed E-state index contributed by atoms with van der Waals surface area (Å²) in [5.41, 5.74) is 1.34. The fourth-order valence-electron chi connectivity index (χ4n) is 3.72. The van der Waals surface area contributed by atoms with Crippen LogP contribution in [-0.2, 0) is 14.8 Å². The molecule has 1 fully saturated rings. The molecule has 2 aromatic rings. The van der Waals surface area contributed by atoms with Crippen molar-refractivity contribution in [1.29, 1.82) is 0 Å². The Morgan fingerprint density at radius 3 is 2.53 bits per heavy atom. The van der Waals surface area contributed by atoms with Crippen LogP contribution < -0.4 is 9.04 Å². The summed E-state index contributed by atoms with van der Waals surface area (Å²) in [5, 5.41) is 0. The molecule has 1 heterocycles. The lowest BCUT2D eigenvalue weighted by atomic mass is 10.0. The summed E-state index contributed by atoms with van der Waals surface area (Å²) in [6, 6.07) is 13.6. The minimum absolute atomic E-state index is 0.152. The normalized spacial score (nSPS) is 16.9. The first-order chi connectivity index (χ1) is 14.3. The Kier molecular flexibility index (Phi) is 7.02. The lowest BCUT2D eigenvalue weighted by molar-refractivity contribution is -0.131. The monoisotopic (exact) mass is 430 g/mol. The van der Waals surface area contributed by atoms with E-state index in [-0.39, 0.29) is 17.3 Å². The second kappa shape index (κ2) is 9.51. The highest BCUT2D eigenvalue weighted by molar-refractivity contribution is 7.92. The second-order valence-corrected chi connectivity index (χ2v) is 9.67. The van der Waals surface area contributed by atoms with Gasteiger partial charge in [-0.3, -0.25) is 9.10 Å². The zero-order valence-corrected chi connectivity index (χ0v) is 18.7. The van der Waals surface area contributed by atoms with Crippen LogP contribution in [0.2, 0.25) is 0 Å². The van der Waals surface area contributed by atoms with Crippen LogP contribution in [0.4, 0.5) is 5.69 Å². The van der Waals surface area contributed by atoms with E-state index in [9.17, 15) is 13.2 Å². The Morgan fingerprint density at radius 2 is 1.87 bits per heavy atom. The Labute approximate surface area is 179 Å². The molecule has 0 spiro atoms. The van der Waals surface area contributed by atoms with Gasteiger partial charge < -0.3 is 9.64 Å². The highest BCUT2D eigenvalue weighted by atomic mass is 32.2. The first kappa shape index (κ1) is 22.2. The average Bonchev–Trinajstić information content (AvgIpc) is 2.73. The number of para-hydroxylation sites is 2. The Morgan fingerprint density at radius 1 is 1.17 bits per heavy atom. The molecule has 162 valence electrons. The van der Waals surface area contributed by atoms with E-state index in [4.69, 9.17) is 4.74 Å². The molecule has 1 saturated heterocycles. The van der Waals surface area contributed by atoms with Crippen LogP contribution in [0.25, 0.3) is 0 Å². The van der Waals surface area contributed by atoms with Gasteiger partial charge in [0.2, 0.25) is 5.91 Å². The maximum absolute atomic E-state index is 13.6. The van der Waals surface area contributed by atoms with E-state index in [1.165, 1.54) is 4.31 Å². The van der Waals surface area contributed by atoms with Gasteiger partial charge in [0, 0.05) is 13.1 Å². The number of hydrogen-bond acceptors (Lipinski definition) is 4. The molecule has 7 heteroatoms. The standard InChI is InChI=1S/C23H30N2O4S/c1-4-29-22-10-6-5-9-21(22)25(17-23(26)24-15-7-8-19(3)16-24)30(27,28)20-13-11-18(2)12-14-20/h5-6,9-14,19H,4,7-8,15-17H2,1-3H3. The topological polar surface area (TPSA) is 66.9 Å². The summed E-state index contributed by atoms with van der Waals surface area (Å²) in [7, 11) is -3.95. The Bertz CT molecular complexity index is 973. The molecule has 0 N–H and O–H groups in total. The molecule has 0 aliphatic carbocycles. The van der Waals surface area contributed by atoms with Crippen molar-refractivity contribution in [2.24, 2.45) is 5.92 Å². The molecule has 1 aliphatic heterocycles.